The maximum atomic E-state index is 12.8. The zero-order chi connectivity index (χ0) is 51.3. The lowest BCUT2D eigenvalue weighted by molar-refractivity contribution is -0.870. The van der Waals surface area contributed by atoms with Gasteiger partial charge < -0.3 is 18.9 Å². The SMILES string of the molecule is CCCCCCCCCCCCCCCC/C=C\CC/C=C\CCCC(=O)OCC(COP(=O)(O)OCC[N+](C)(C)C)OC(=O)CCC/C=C\CC/C=C\CCCCCCCCCCCCCCCC. The van der Waals surface area contributed by atoms with E-state index in [9.17, 15) is 19.0 Å². The van der Waals surface area contributed by atoms with Gasteiger partial charge in [0.25, 0.3) is 0 Å². The first kappa shape index (κ1) is 68.0. The number of hydrogen-bond donors (Lipinski definition) is 1. The number of nitrogens with zero attached hydrogens (tertiary/aromatic N) is 1. The Bertz CT molecular complexity index is 1320. The number of esters is 2. The van der Waals surface area contributed by atoms with E-state index in [0.29, 0.717) is 23.9 Å². The largest absolute Gasteiger partial charge is 0.472 e. The molecule has 0 heterocycles. The van der Waals surface area contributed by atoms with Crippen LogP contribution < -0.4 is 0 Å². The summed E-state index contributed by atoms with van der Waals surface area (Å²) in [5.41, 5.74) is 0. The summed E-state index contributed by atoms with van der Waals surface area (Å²) in [6.07, 6.45) is 65.0. The maximum Gasteiger partial charge on any atom is 0.472 e. The van der Waals surface area contributed by atoms with Crippen LogP contribution in [-0.4, -0.2) is 74.9 Å². The first-order valence-corrected chi connectivity index (χ1v) is 30.9. The molecule has 0 aliphatic rings. The van der Waals surface area contributed by atoms with Crippen molar-refractivity contribution in [3.05, 3.63) is 48.6 Å². The fraction of sp³-hybridized carbons (Fsp3) is 0.833. The fourth-order valence-corrected chi connectivity index (χ4v) is 8.97. The molecule has 9 nitrogen and oxygen atoms in total. The highest BCUT2D eigenvalue weighted by Gasteiger charge is 2.27. The highest BCUT2D eigenvalue weighted by molar-refractivity contribution is 7.47. The van der Waals surface area contributed by atoms with Crippen LogP contribution in [0.2, 0.25) is 0 Å². The molecule has 0 aromatic rings. The zero-order valence-electron chi connectivity index (χ0n) is 46.5. The maximum absolute atomic E-state index is 12.8. The summed E-state index contributed by atoms with van der Waals surface area (Å²) in [4.78, 5) is 35.6. The van der Waals surface area contributed by atoms with Gasteiger partial charge >= 0.3 is 19.8 Å². The zero-order valence-corrected chi connectivity index (χ0v) is 47.4. The number of phosphoric acid groups is 1. The Labute approximate surface area is 433 Å². The first-order chi connectivity index (χ1) is 34.0. The average Bonchev–Trinajstić information content (AvgIpc) is 3.32. The molecule has 0 aromatic carbocycles. The molecule has 2 unspecified atom stereocenters. The normalized spacial score (nSPS) is 13.6. The number of allylic oxidation sites excluding steroid dienone is 8. The van der Waals surface area contributed by atoms with E-state index in [-0.39, 0.29) is 26.1 Å². The Balaban J connectivity index is 4.26. The van der Waals surface area contributed by atoms with Crippen LogP contribution in [0.1, 0.15) is 271 Å². The van der Waals surface area contributed by atoms with Crippen LogP contribution in [0.25, 0.3) is 0 Å². The molecule has 0 aliphatic heterocycles. The number of ether oxygens (including phenoxy) is 2. The fourth-order valence-electron chi connectivity index (χ4n) is 8.23. The topological polar surface area (TPSA) is 108 Å². The number of carbonyl (C=O) groups is 2. The molecule has 0 fully saturated rings. The molecule has 70 heavy (non-hydrogen) atoms. The van der Waals surface area contributed by atoms with E-state index in [1.54, 1.807) is 0 Å². The third kappa shape index (κ3) is 55.3. The van der Waals surface area contributed by atoms with Gasteiger partial charge in [0.1, 0.15) is 19.8 Å². The highest BCUT2D eigenvalue weighted by Crippen LogP contribution is 2.43. The van der Waals surface area contributed by atoms with Crippen LogP contribution in [0.15, 0.2) is 48.6 Å². The van der Waals surface area contributed by atoms with Crippen molar-refractivity contribution in [3.63, 3.8) is 0 Å². The van der Waals surface area contributed by atoms with Gasteiger partial charge in [-0.1, -0.05) is 229 Å². The molecule has 0 radical (unpaired) electrons. The van der Waals surface area contributed by atoms with Crippen molar-refractivity contribution in [2.24, 2.45) is 0 Å². The lowest BCUT2D eigenvalue weighted by atomic mass is 10.0. The van der Waals surface area contributed by atoms with Crippen LogP contribution in [0, 0.1) is 0 Å². The average molecular weight is 1010 g/mol. The standard InChI is InChI=1S/C60H112NO8P/c1-6-8-10-12-14-16-18-20-22-24-26-28-30-32-34-36-38-40-42-44-46-48-50-52-59(62)66-56-58(57-68-70(64,65)67-55-54-61(3,4)5)69-60(63)53-51-49-47-45-43-41-39-37-35-33-31-29-27-25-23-21-19-17-15-13-11-9-7-2/h36-39,44-47,58H,6-35,40-43,48-57H2,1-5H3/p+1/b38-36-,39-37-,46-44-,47-45-. The Kier molecular flexibility index (Phi) is 50.4. The Morgan fingerprint density at radius 1 is 0.429 bits per heavy atom. The lowest BCUT2D eigenvalue weighted by Gasteiger charge is -2.24. The molecule has 0 amide bonds. The first-order valence-electron chi connectivity index (χ1n) is 29.4. The molecule has 0 saturated carbocycles. The summed E-state index contributed by atoms with van der Waals surface area (Å²) >= 11 is 0. The molecular formula is C60H113NO8P+. The van der Waals surface area contributed by atoms with Crippen molar-refractivity contribution in [1.29, 1.82) is 0 Å². The van der Waals surface area contributed by atoms with Gasteiger partial charge in [-0.25, -0.2) is 4.57 Å². The molecule has 2 atom stereocenters. The van der Waals surface area contributed by atoms with Crippen LogP contribution >= 0.6 is 7.82 Å². The quantitative estimate of drug-likeness (QED) is 0.0211. The minimum Gasteiger partial charge on any atom is -0.462 e. The summed E-state index contributed by atoms with van der Waals surface area (Å²) in [7, 11) is 1.44. The molecule has 0 bridgehead atoms. The van der Waals surface area contributed by atoms with Crippen molar-refractivity contribution in [2.75, 3.05) is 47.5 Å². The van der Waals surface area contributed by atoms with Crippen molar-refractivity contribution in [2.45, 2.75) is 277 Å². The predicted molar refractivity (Wildman–Crippen MR) is 298 cm³/mol. The van der Waals surface area contributed by atoms with Gasteiger partial charge in [-0.15, -0.1) is 0 Å². The second kappa shape index (κ2) is 51.9. The predicted octanol–water partition coefficient (Wildman–Crippen LogP) is 18.1. The van der Waals surface area contributed by atoms with Crippen LogP contribution in [0.4, 0.5) is 0 Å². The lowest BCUT2D eigenvalue weighted by Crippen LogP contribution is -2.37. The van der Waals surface area contributed by atoms with Gasteiger partial charge in [0.2, 0.25) is 0 Å². The highest BCUT2D eigenvalue weighted by atomic mass is 31.2. The van der Waals surface area contributed by atoms with Gasteiger partial charge in [-0.3, -0.25) is 18.6 Å². The molecule has 10 heteroatoms. The Hall–Kier alpha value is -2.03. The van der Waals surface area contributed by atoms with Crippen molar-refractivity contribution in [1.82, 2.24) is 0 Å². The van der Waals surface area contributed by atoms with Crippen molar-refractivity contribution < 1.29 is 42.1 Å². The molecule has 0 aliphatic carbocycles. The van der Waals surface area contributed by atoms with E-state index in [1.165, 1.54) is 180 Å². The molecule has 410 valence electrons. The molecule has 1 N–H and O–H groups in total. The van der Waals surface area contributed by atoms with Gasteiger partial charge in [-0.2, -0.15) is 0 Å². The number of likely N-dealkylation sites (N-methyl/N-ethyl adjacent to an activating group) is 1. The van der Waals surface area contributed by atoms with Crippen molar-refractivity contribution >= 4 is 19.8 Å². The van der Waals surface area contributed by atoms with Gasteiger partial charge in [-0.05, 0) is 77.0 Å². The summed E-state index contributed by atoms with van der Waals surface area (Å²) in [6.45, 7) is 4.39. The number of carbonyl (C=O) groups excluding carboxylic acids is 2. The second-order valence-electron chi connectivity index (χ2n) is 21.0. The minimum atomic E-state index is -4.40. The Morgan fingerprint density at radius 2 is 0.743 bits per heavy atom. The van der Waals surface area contributed by atoms with E-state index >= 15 is 0 Å². The van der Waals surface area contributed by atoms with Gasteiger partial charge in [0.05, 0.1) is 27.7 Å². The Morgan fingerprint density at radius 3 is 1.10 bits per heavy atom. The third-order valence-electron chi connectivity index (χ3n) is 12.8. The third-order valence-corrected chi connectivity index (χ3v) is 13.8. The molecule has 0 aromatic heterocycles. The number of phosphoric ester groups is 1. The van der Waals surface area contributed by atoms with E-state index in [1.807, 2.05) is 21.1 Å². The van der Waals surface area contributed by atoms with Crippen LogP contribution in [0.3, 0.4) is 0 Å². The van der Waals surface area contributed by atoms with E-state index in [4.69, 9.17) is 18.5 Å². The molecular weight excluding hydrogens is 894 g/mol. The summed E-state index contributed by atoms with van der Waals surface area (Å²) < 4.78 is 34.5. The molecule has 0 rings (SSSR count). The summed E-state index contributed by atoms with van der Waals surface area (Å²) in [5.74, 6) is -0.889. The smallest absolute Gasteiger partial charge is 0.462 e. The van der Waals surface area contributed by atoms with E-state index in [0.717, 1.165) is 51.4 Å². The van der Waals surface area contributed by atoms with Gasteiger partial charge in [0.15, 0.2) is 6.10 Å². The number of unbranched alkanes of at least 4 members (excludes halogenated alkanes) is 32. The second-order valence-corrected chi connectivity index (χ2v) is 22.5. The summed E-state index contributed by atoms with van der Waals surface area (Å²) in [5, 5.41) is 0. The monoisotopic (exact) mass is 1010 g/mol. The van der Waals surface area contributed by atoms with E-state index in [2.05, 4.69) is 62.5 Å². The van der Waals surface area contributed by atoms with Crippen LogP contribution in [-0.2, 0) is 32.7 Å². The van der Waals surface area contributed by atoms with Gasteiger partial charge in [0, 0.05) is 12.8 Å². The molecule has 0 spiro atoms. The van der Waals surface area contributed by atoms with Crippen LogP contribution in [0.5, 0.6) is 0 Å². The van der Waals surface area contributed by atoms with E-state index < -0.39 is 32.5 Å². The minimum absolute atomic E-state index is 0.0186. The molecule has 0 saturated heterocycles. The summed E-state index contributed by atoms with van der Waals surface area (Å²) in [6, 6.07) is 0. The number of hydrogen-bond acceptors (Lipinski definition) is 7. The van der Waals surface area contributed by atoms with Crippen molar-refractivity contribution in [3.8, 4) is 0 Å². The number of rotatable bonds is 54. The number of quaternary nitrogens is 1.